The maximum atomic E-state index is 4.66. The van der Waals surface area contributed by atoms with Crippen molar-refractivity contribution < 1.29 is 0 Å². The molecule has 0 fully saturated rings. The molecular formula is C16H20N4. The lowest BCUT2D eigenvalue weighted by atomic mass is 10.1. The van der Waals surface area contributed by atoms with Crippen molar-refractivity contribution in [1.29, 1.82) is 0 Å². The number of nitrogens with zero attached hydrogens (tertiary/aromatic N) is 3. The van der Waals surface area contributed by atoms with E-state index in [1.165, 1.54) is 24.1 Å². The summed E-state index contributed by atoms with van der Waals surface area (Å²) in [6.07, 6.45) is 5.46. The van der Waals surface area contributed by atoms with Crippen LogP contribution in [-0.2, 0) is 6.42 Å². The van der Waals surface area contributed by atoms with E-state index in [0.717, 1.165) is 24.3 Å². The average Bonchev–Trinajstić information content (AvgIpc) is 2.70. The van der Waals surface area contributed by atoms with Gasteiger partial charge in [-0.25, -0.2) is 4.98 Å². The average molecular weight is 268 g/mol. The molecule has 4 nitrogen and oxygen atoms in total. The highest BCUT2D eigenvalue weighted by Gasteiger charge is 2.19. The van der Waals surface area contributed by atoms with Gasteiger partial charge in [0, 0.05) is 31.0 Å². The van der Waals surface area contributed by atoms with E-state index in [1.54, 1.807) is 0 Å². The molecule has 20 heavy (non-hydrogen) atoms. The van der Waals surface area contributed by atoms with Crippen LogP contribution >= 0.6 is 0 Å². The fraction of sp³-hybridized carbons (Fsp3) is 0.375. The summed E-state index contributed by atoms with van der Waals surface area (Å²) >= 11 is 0. The molecule has 0 saturated carbocycles. The van der Waals surface area contributed by atoms with Crippen molar-refractivity contribution in [3.8, 4) is 0 Å². The number of aryl methyl sites for hydroxylation is 2. The van der Waals surface area contributed by atoms with Gasteiger partial charge < -0.3 is 10.2 Å². The van der Waals surface area contributed by atoms with Crippen molar-refractivity contribution in [1.82, 2.24) is 9.97 Å². The maximum Gasteiger partial charge on any atom is 0.224 e. The van der Waals surface area contributed by atoms with E-state index < -0.39 is 0 Å². The van der Waals surface area contributed by atoms with Gasteiger partial charge >= 0.3 is 0 Å². The number of para-hydroxylation sites is 1. The molecule has 0 atom stereocenters. The number of fused-ring (bicyclic) bond motifs is 1. The van der Waals surface area contributed by atoms with Gasteiger partial charge in [0.1, 0.15) is 5.82 Å². The second kappa shape index (κ2) is 5.49. The summed E-state index contributed by atoms with van der Waals surface area (Å²) in [5, 5.41) is 3.02. The van der Waals surface area contributed by atoms with Crippen LogP contribution in [0, 0.1) is 6.92 Å². The summed E-state index contributed by atoms with van der Waals surface area (Å²) in [6.45, 7) is 3.08. The maximum absolute atomic E-state index is 4.66. The Morgan fingerprint density at radius 2 is 2.05 bits per heavy atom. The van der Waals surface area contributed by atoms with E-state index >= 15 is 0 Å². The molecule has 0 amide bonds. The zero-order valence-corrected chi connectivity index (χ0v) is 12.1. The standard InChI is InChI=1S/C16H20N4/c1-12-11-18-16(17-2)19-15(12)20-10-6-5-8-13-7-3-4-9-14(13)20/h3-4,7,9,11H,5-6,8,10H2,1-2H3,(H,17,18,19). The van der Waals surface area contributed by atoms with Crippen LogP contribution in [0.25, 0.3) is 0 Å². The minimum Gasteiger partial charge on any atom is -0.357 e. The summed E-state index contributed by atoms with van der Waals surface area (Å²) in [7, 11) is 1.85. The van der Waals surface area contributed by atoms with Crippen molar-refractivity contribution in [3.63, 3.8) is 0 Å². The molecule has 3 rings (SSSR count). The van der Waals surface area contributed by atoms with Gasteiger partial charge in [0.2, 0.25) is 5.95 Å². The predicted octanol–water partition coefficient (Wildman–Crippen LogP) is 3.30. The third-order valence-corrected chi connectivity index (χ3v) is 3.78. The molecule has 2 aromatic rings. The lowest BCUT2D eigenvalue weighted by molar-refractivity contribution is 0.756. The van der Waals surface area contributed by atoms with Gasteiger partial charge in [-0.2, -0.15) is 4.98 Å². The lowest BCUT2D eigenvalue weighted by Gasteiger charge is -2.25. The molecule has 104 valence electrons. The minimum absolute atomic E-state index is 0.673. The molecule has 2 heterocycles. The first-order valence-electron chi connectivity index (χ1n) is 7.16. The summed E-state index contributed by atoms with van der Waals surface area (Å²) in [4.78, 5) is 11.3. The Balaban J connectivity index is 2.09. The first-order valence-corrected chi connectivity index (χ1v) is 7.16. The Kier molecular flexibility index (Phi) is 3.54. The van der Waals surface area contributed by atoms with Gasteiger partial charge in [-0.1, -0.05) is 18.2 Å². The van der Waals surface area contributed by atoms with Crippen LogP contribution in [0.1, 0.15) is 24.0 Å². The van der Waals surface area contributed by atoms with Crippen LogP contribution in [0.3, 0.4) is 0 Å². The van der Waals surface area contributed by atoms with Gasteiger partial charge in [0.15, 0.2) is 0 Å². The highest BCUT2D eigenvalue weighted by atomic mass is 15.2. The number of rotatable bonds is 2. The van der Waals surface area contributed by atoms with E-state index in [0.29, 0.717) is 5.95 Å². The third-order valence-electron chi connectivity index (χ3n) is 3.78. The predicted molar refractivity (Wildman–Crippen MR) is 82.7 cm³/mol. The van der Waals surface area contributed by atoms with Gasteiger partial charge in [-0.3, -0.25) is 0 Å². The van der Waals surface area contributed by atoms with E-state index in [1.807, 2.05) is 13.2 Å². The first-order chi connectivity index (χ1) is 9.79. The molecule has 0 spiro atoms. The van der Waals surface area contributed by atoms with Crippen LogP contribution in [0.15, 0.2) is 30.5 Å². The van der Waals surface area contributed by atoms with Crippen molar-refractivity contribution >= 4 is 17.5 Å². The number of hydrogen-bond acceptors (Lipinski definition) is 4. The Morgan fingerprint density at radius 3 is 2.90 bits per heavy atom. The second-order valence-corrected chi connectivity index (χ2v) is 5.19. The number of benzene rings is 1. The fourth-order valence-electron chi connectivity index (χ4n) is 2.74. The second-order valence-electron chi connectivity index (χ2n) is 5.19. The van der Waals surface area contributed by atoms with E-state index in [9.17, 15) is 0 Å². The molecule has 0 saturated heterocycles. The van der Waals surface area contributed by atoms with Gasteiger partial charge in [0.05, 0.1) is 0 Å². The number of nitrogens with one attached hydrogen (secondary N) is 1. The zero-order chi connectivity index (χ0) is 13.9. The summed E-state index contributed by atoms with van der Waals surface area (Å²) in [5.74, 6) is 1.69. The lowest BCUT2D eigenvalue weighted by Crippen LogP contribution is -2.21. The summed E-state index contributed by atoms with van der Waals surface area (Å²) in [5.41, 5.74) is 3.81. The number of hydrogen-bond donors (Lipinski definition) is 1. The van der Waals surface area contributed by atoms with Crippen LogP contribution in [0.5, 0.6) is 0 Å². The van der Waals surface area contributed by atoms with E-state index in [-0.39, 0.29) is 0 Å². The highest BCUT2D eigenvalue weighted by Crippen LogP contribution is 2.33. The van der Waals surface area contributed by atoms with Crippen molar-refractivity contribution in [3.05, 3.63) is 41.6 Å². The van der Waals surface area contributed by atoms with Crippen LogP contribution in [0.4, 0.5) is 17.5 Å². The molecule has 1 aromatic heterocycles. The topological polar surface area (TPSA) is 41.1 Å². The Labute approximate surface area is 119 Å². The first kappa shape index (κ1) is 12.9. The van der Waals surface area contributed by atoms with Crippen LogP contribution in [-0.4, -0.2) is 23.6 Å². The summed E-state index contributed by atoms with van der Waals surface area (Å²) < 4.78 is 0. The molecule has 1 N–H and O–H groups in total. The third kappa shape index (κ3) is 2.33. The molecule has 4 heteroatoms. The van der Waals surface area contributed by atoms with E-state index in [4.69, 9.17) is 0 Å². The van der Waals surface area contributed by atoms with Gasteiger partial charge in [0.25, 0.3) is 0 Å². The molecule has 1 aliphatic heterocycles. The molecule has 0 bridgehead atoms. The van der Waals surface area contributed by atoms with E-state index in [2.05, 4.69) is 51.4 Å². The van der Waals surface area contributed by atoms with Crippen molar-refractivity contribution in [2.45, 2.75) is 26.2 Å². The molecular weight excluding hydrogens is 248 g/mol. The minimum atomic E-state index is 0.673. The number of anilines is 3. The van der Waals surface area contributed by atoms with Crippen molar-refractivity contribution in [2.75, 3.05) is 23.8 Å². The largest absolute Gasteiger partial charge is 0.357 e. The van der Waals surface area contributed by atoms with Crippen molar-refractivity contribution in [2.24, 2.45) is 0 Å². The molecule has 1 aliphatic rings. The highest BCUT2D eigenvalue weighted by molar-refractivity contribution is 5.67. The Bertz CT molecular complexity index is 609. The molecule has 0 aliphatic carbocycles. The van der Waals surface area contributed by atoms with Crippen LogP contribution < -0.4 is 10.2 Å². The normalized spacial score (nSPS) is 14.6. The molecule has 0 radical (unpaired) electrons. The Hall–Kier alpha value is -2.10. The number of aromatic nitrogens is 2. The fourth-order valence-corrected chi connectivity index (χ4v) is 2.74. The Morgan fingerprint density at radius 1 is 1.20 bits per heavy atom. The summed E-state index contributed by atoms with van der Waals surface area (Å²) in [6, 6.07) is 8.64. The molecule has 0 unspecified atom stereocenters. The van der Waals surface area contributed by atoms with Crippen LogP contribution in [0.2, 0.25) is 0 Å². The van der Waals surface area contributed by atoms with Gasteiger partial charge in [-0.15, -0.1) is 0 Å². The monoisotopic (exact) mass is 268 g/mol. The zero-order valence-electron chi connectivity index (χ0n) is 12.1. The SMILES string of the molecule is CNc1ncc(C)c(N2CCCCc3ccccc32)n1. The molecule has 1 aromatic carbocycles. The quantitative estimate of drug-likeness (QED) is 0.907. The van der Waals surface area contributed by atoms with Gasteiger partial charge in [-0.05, 0) is 37.8 Å². The smallest absolute Gasteiger partial charge is 0.224 e.